The zero-order valence-corrected chi connectivity index (χ0v) is 16.2. The topological polar surface area (TPSA) is 65.8 Å². The highest BCUT2D eigenvalue weighted by atomic mass is 16.4. The fourth-order valence-corrected chi connectivity index (χ4v) is 3.86. The van der Waals surface area contributed by atoms with Crippen LogP contribution in [0.1, 0.15) is 41.0 Å². The van der Waals surface area contributed by atoms with Gasteiger partial charge in [0.05, 0.1) is 13.1 Å². The SMILES string of the molecule is C=CCn1c(C)cc(C(=O)CN2CCCC(N(C)CC(=O)O)CC2)c1C. The number of carbonyl (C=O) groups is 2. The second-order valence-electron chi connectivity index (χ2n) is 7.28. The van der Waals surface area contributed by atoms with Crippen LogP contribution in [0.2, 0.25) is 0 Å². The molecule has 2 heterocycles. The number of hydrogen-bond acceptors (Lipinski definition) is 4. The molecule has 0 radical (unpaired) electrons. The summed E-state index contributed by atoms with van der Waals surface area (Å²) in [6.07, 6.45) is 4.70. The first-order valence-corrected chi connectivity index (χ1v) is 9.28. The number of ketones is 1. The molecule has 0 aromatic carbocycles. The summed E-state index contributed by atoms with van der Waals surface area (Å²) in [4.78, 5) is 27.8. The number of carbonyl (C=O) groups excluding carboxylic acids is 1. The minimum atomic E-state index is -0.793. The van der Waals surface area contributed by atoms with E-state index < -0.39 is 5.97 Å². The van der Waals surface area contributed by atoms with E-state index in [9.17, 15) is 9.59 Å². The predicted molar refractivity (Wildman–Crippen MR) is 103 cm³/mol. The summed E-state index contributed by atoms with van der Waals surface area (Å²) in [5.41, 5.74) is 2.88. The third-order valence-electron chi connectivity index (χ3n) is 5.35. The Morgan fingerprint density at radius 2 is 2.08 bits per heavy atom. The molecule has 1 atom stereocenters. The van der Waals surface area contributed by atoms with Gasteiger partial charge in [-0.25, -0.2) is 0 Å². The van der Waals surface area contributed by atoms with E-state index in [1.807, 2.05) is 37.9 Å². The number of carboxylic acids is 1. The summed E-state index contributed by atoms with van der Waals surface area (Å²) in [7, 11) is 1.87. The van der Waals surface area contributed by atoms with Gasteiger partial charge in [-0.1, -0.05) is 6.08 Å². The van der Waals surface area contributed by atoms with Gasteiger partial charge in [-0.15, -0.1) is 6.58 Å². The summed E-state index contributed by atoms with van der Waals surface area (Å²) in [5, 5.41) is 8.97. The first-order chi connectivity index (χ1) is 12.3. The molecule has 1 aromatic rings. The number of nitrogens with zero attached hydrogens (tertiary/aromatic N) is 3. The molecule has 1 aliphatic rings. The number of rotatable bonds is 8. The van der Waals surface area contributed by atoms with E-state index in [1.54, 1.807) is 0 Å². The van der Waals surface area contributed by atoms with Crippen molar-refractivity contribution >= 4 is 11.8 Å². The quantitative estimate of drug-likeness (QED) is 0.569. The molecule has 6 heteroatoms. The monoisotopic (exact) mass is 361 g/mol. The van der Waals surface area contributed by atoms with Crippen LogP contribution in [0, 0.1) is 13.8 Å². The Bertz CT molecular complexity index is 666. The Labute approximate surface area is 156 Å². The molecule has 0 bridgehead atoms. The van der Waals surface area contributed by atoms with Crippen LogP contribution in [-0.4, -0.2) is 70.5 Å². The molecule has 1 aliphatic heterocycles. The van der Waals surface area contributed by atoms with Crippen molar-refractivity contribution in [3.05, 3.63) is 35.7 Å². The van der Waals surface area contributed by atoms with Crippen molar-refractivity contribution in [2.75, 3.05) is 33.2 Å². The molecule has 1 unspecified atom stereocenters. The summed E-state index contributed by atoms with van der Waals surface area (Å²) >= 11 is 0. The standard InChI is InChI=1S/C20H31N3O3/c1-5-9-23-15(2)12-18(16(23)3)19(24)13-22-10-6-7-17(8-11-22)21(4)14-20(25)26/h5,12,17H,1,6-11,13-14H2,2-4H3,(H,25,26). The van der Waals surface area contributed by atoms with Gasteiger partial charge in [-0.05, 0) is 52.8 Å². The van der Waals surface area contributed by atoms with Crippen molar-refractivity contribution in [1.29, 1.82) is 0 Å². The van der Waals surface area contributed by atoms with Crippen molar-refractivity contribution < 1.29 is 14.7 Å². The van der Waals surface area contributed by atoms with Crippen molar-refractivity contribution in [2.24, 2.45) is 0 Å². The molecule has 6 nitrogen and oxygen atoms in total. The molecular formula is C20H31N3O3. The number of likely N-dealkylation sites (N-methyl/N-ethyl adjacent to an activating group) is 1. The average molecular weight is 361 g/mol. The highest BCUT2D eigenvalue weighted by Gasteiger charge is 2.24. The summed E-state index contributed by atoms with van der Waals surface area (Å²) in [5.74, 6) is -0.635. The Hall–Kier alpha value is -1.92. The van der Waals surface area contributed by atoms with Gasteiger partial charge in [0, 0.05) is 36.1 Å². The lowest BCUT2D eigenvalue weighted by molar-refractivity contribution is -0.138. The highest BCUT2D eigenvalue weighted by molar-refractivity contribution is 5.99. The van der Waals surface area contributed by atoms with Crippen LogP contribution in [0.25, 0.3) is 0 Å². The van der Waals surface area contributed by atoms with E-state index in [4.69, 9.17) is 5.11 Å². The van der Waals surface area contributed by atoms with Gasteiger partial charge in [-0.2, -0.15) is 0 Å². The fourth-order valence-electron chi connectivity index (χ4n) is 3.86. The molecule has 144 valence electrons. The van der Waals surface area contributed by atoms with Gasteiger partial charge in [0.1, 0.15) is 0 Å². The minimum absolute atomic E-state index is 0.0683. The van der Waals surface area contributed by atoms with Crippen LogP contribution in [0.3, 0.4) is 0 Å². The lowest BCUT2D eigenvalue weighted by Crippen LogP contribution is -2.37. The zero-order valence-electron chi connectivity index (χ0n) is 16.2. The molecule has 1 N–H and O–H groups in total. The smallest absolute Gasteiger partial charge is 0.317 e. The van der Waals surface area contributed by atoms with E-state index in [1.165, 1.54) is 0 Å². The first-order valence-electron chi connectivity index (χ1n) is 9.28. The molecule has 0 aliphatic carbocycles. The Morgan fingerprint density at radius 3 is 2.73 bits per heavy atom. The van der Waals surface area contributed by atoms with Gasteiger partial charge in [0.2, 0.25) is 0 Å². The number of aryl methyl sites for hydroxylation is 1. The van der Waals surface area contributed by atoms with Crippen LogP contribution >= 0.6 is 0 Å². The summed E-state index contributed by atoms with van der Waals surface area (Å²) in [6.45, 7) is 10.7. The molecule has 0 spiro atoms. The molecule has 0 amide bonds. The molecule has 1 fully saturated rings. The van der Waals surface area contributed by atoms with E-state index >= 15 is 0 Å². The van der Waals surface area contributed by atoms with Crippen LogP contribution in [0.4, 0.5) is 0 Å². The first kappa shape index (κ1) is 20.4. The molecule has 0 saturated carbocycles. The van der Waals surface area contributed by atoms with Crippen LogP contribution in [0.5, 0.6) is 0 Å². The lowest BCUT2D eigenvalue weighted by Gasteiger charge is -2.25. The summed E-state index contributed by atoms with van der Waals surface area (Å²) in [6, 6.07) is 2.24. The number of carboxylic acid groups (broad SMARTS) is 1. The zero-order chi connectivity index (χ0) is 19.3. The predicted octanol–water partition coefficient (Wildman–Crippen LogP) is 2.34. The Balaban J connectivity index is 1.97. The van der Waals surface area contributed by atoms with Crippen molar-refractivity contribution in [3.8, 4) is 0 Å². The second-order valence-corrected chi connectivity index (χ2v) is 7.28. The van der Waals surface area contributed by atoms with Crippen LogP contribution < -0.4 is 0 Å². The molecule has 1 aromatic heterocycles. The van der Waals surface area contributed by atoms with E-state index in [-0.39, 0.29) is 18.4 Å². The van der Waals surface area contributed by atoms with Gasteiger partial charge < -0.3 is 9.67 Å². The third kappa shape index (κ3) is 5.05. The Morgan fingerprint density at radius 1 is 1.35 bits per heavy atom. The third-order valence-corrected chi connectivity index (χ3v) is 5.35. The molecular weight excluding hydrogens is 330 g/mol. The molecule has 26 heavy (non-hydrogen) atoms. The summed E-state index contributed by atoms with van der Waals surface area (Å²) < 4.78 is 2.11. The molecule has 2 rings (SSSR count). The van der Waals surface area contributed by atoms with Crippen LogP contribution in [0.15, 0.2) is 18.7 Å². The Kier molecular flexibility index (Phi) is 7.17. The van der Waals surface area contributed by atoms with E-state index in [0.29, 0.717) is 13.1 Å². The minimum Gasteiger partial charge on any atom is -0.480 e. The van der Waals surface area contributed by atoms with Crippen molar-refractivity contribution in [2.45, 2.75) is 45.7 Å². The van der Waals surface area contributed by atoms with E-state index in [2.05, 4.69) is 16.0 Å². The lowest BCUT2D eigenvalue weighted by atomic mass is 10.1. The van der Waals surface area contributed by atoms with Gasteiger partial charge in [0.15, 0.2) is 5.78 Å². The number of aliphatic carboxylic acids is 1. The number of aromatic nitrogens is 1. The largest absolute Gasteiger partial charge is 0.480 e. The fraction of sp³-hybridized carbons (Fsp3) is 0.600. The number of hydrogen-bond donors (Lipinski definition) is 1. The maximum atomic E-state index is 12.8. The molecule has 1 saturated heterocycles. The van der Waals surface area contributed by atoms with Gasteiger partial charge in [-0.3, -0.25) is 19.4 Å². The van der Waals surface area contributed by atoms with E-state index in [0.717, 1.165) is 49.3 Å². The second kappa shape index (κ2) is 9.14. The maximum absolute atomic E-state index is 12.8. The van der Waals surface area contributed by atoms with Gasteiger partial charge >= 0.3 is 5.97 Å². The maximum Gasteiger partial charge on any atom is 0.317 e. The van der Waals surface area contributed by atoms with Crippen molar-refractivity contribution in [1.82, 2.24) is 14.4 Å². The van der Waals surface area contributed by atoms with Crippen molar-refractivity contribution in [3.63, 3.8) is 0 Å². The van der Waals surface area contributed by atoms with Crippen LogP contribution in [-0.2, 0) is 11.3 Å². The highest BCUT2D eigenvalue weighted by Crippen LogP contribution is 2.19. The number of Topliss-reactive ketones (excluding diaryl/α,β-unsaturated/α-hetero) is 1. The normalized spacial score (nSPS) is 18.7. The van der Waals surface area contributed by atoms with Gasteiger partial charge in [0.25, 0.3) is 0 Å². The average Bonchev–Trinajstić information content (AvgIpc) is 2.75. The number of allylic oxidation sites excluding steroid dienone is 1. The number of likely N-dealkylation sites (tertiary alicyclic amines) is 1.